The van der Waals surface area contributed by atoms with Gasteiger partial charge in [-0.2, -0.15) is 5.26 Å². The maximum Gasteiger partial charge on any atom is 0.306 e. The third-order valence-corrected chi connectivity index (χ3v) is 4.16. The van der Waals surface area contributed by atoms with Gasteiger partial charge in [-0.1, -0.05) is 6.07 Å². The number of carbonyl (C=O) groups is 2. The van der Waals surface area contributed by atoms with Gasteiger partial charge < -0.3 is 20.1 Å². The normalized spacial score (nSPS) is 15.4. The summed E-state index contributed by atoms with van der Waals surface area (Å²) in [5.74, 6) is -1.17. The predicted octanol–water partition coefficient (Wildman–Crippen LogP) is 2.15. The van der Waals surface area contributed by atoms with Crippen molar-refractivity contribution in [2.24, 2.45) is 5.92 Å². The van der Waals surface area contributed by atoms with Crippen LogP contribution in [-0.2, 0) is 9.59 Å². The van der Waals surface area contributed by atoms with Crippen molar-refractivity contribution in [1.82, 2.24) is 4.90 Å². The van der Waals surface area contributed by atoms with Crippen LogP contribution in [-0.4, -0.2) is 42.1 Å². The number of piperidine rings is 1. The van der Waals surface area contributed by atoms with Gasteiger partial charge in [0.2, 0.25) is 0 Å². The van der Waals surface area contributed by atoms with E-state index in [2.05, 4.69) is 5.32 Å². The van der Waals surface area contributed by atoms with Gasteiger partial charge in [0.1, 0.15) is 17.4 Å². The highest BCUT2D eigenvalue weighted by Gasteiger charge is 2.24. The molecule has 7 heteroatoms. The lowest BCUT2D eigenvalue weighted by atomic mass is 9.97. The zero-order chi connectivity index (χ0) is 18.4. The van der Waals surface area contributed by atoms with E-state index in [-0.39, 0.29) is 11.5 Å². The highest BCUT2D eigenvalue weighted by atomic mass is 16.5. The average Bonchev–Trinajstić information content (AvgIpc) is 2.60. The summed E-state index contributed by atoms with van der Waals surface area (Å²) in [5.41, 5.74) is 1.42. The van der Waals surface area contributed by atoms with E-state index in [1.165, 1.54) is 13.3 Å². The maximum atomic E-state index is 12.4. The maximum absolute atomic E-state index is 12.4. The number of hydrogen-bond acceptors (Lipinski definition) is 5. The van der Waals surface area contributed by atoms with Gasteiger partial charge in [0.25, 0.3) is 5.91 Å². The average molecular weight is 343 g/mol. The van der Waals surface area contributed by atoms with E-state index in [1.54, 1.807) is 12.1 Å². The molecule has 1 aromatic rings. The number of nitriles is 1. The van der Waals surface area contributed by atoms with Gasteiger partial charge in [0.05, 0.1) is 18.7 Å². The first kappa shape index (κ1) is 18.3. The highest BCUT2D eigenvalue weighted by molar-refractivity contribution is 6.07. The van der Waals surface area contributed by atoms with Crippen molar-refractivity contribution in [3.63, 3.8) is 0 Å². The summed E-state index contributed by atoms with van der Waals surface area (Å²) in [6.45, 7) is 2.90. The molecule has 1 aliphatic rings. The first-order valence-electron chi connectivity index (χ1n) is 7.99. The lowest BCUT2D eigenvalue weighted by Crippen LogP contribution is -2.33. The number of benzene rings is 1. The second kappa shape index (κ2) is 8.20. The molecule has 132 valence electrons. The van der Waals surface area contributed by atoms with Gasteiger partial charge >= 0.3 is 5.97 Å². The molecule has 1 saturated heterocycles. The van der Waals surface area contributed by atoms with Gasteiger partial charge in [0, 0.05) is 19.3 Å². The van der Waals surface area contributed by atoms with Crippen LogP contribution >= 0.6 is 0 Å². The fourth-order valence-electron chi connectivity index (χ4n) is 2.71. The highest BCUT2D eigenvalue weighted by Crippen LogP contribution is 2.26. The number of aliphatic carboxylic acids is 1. The molecule has 1 amide bonds. The third kappa shape index (κ3) is 4.73. The summed E-state index contributed by atoms with van der Waals surface area (Å²) in [5, 5.41) is 21.0. The molecule has 1 aromatic carbocycles. The van der Waals surface area contributed by atoms with Gasteiger partial charge in [-0.05, 0) is 37.5 Å². The van der Waals surface area contributed by atoms with Crippen molar-refractivity contribution >= 4 is 17.6 Å². The van der Waals surface area contributed by atoms with Crippen molar-refractivity contribution < 1.29 is 19.4 Å². The fourth-order valence-corrected chi connectivity index (χ4v) is 2.71. The van der Waals surface area contributed by atoms with Crippen LogP contribution in [0.2, 0.25) is 0 Å². The van der Waals surface area contributed by atoms with E-state index in [9.17, 15) is 14.9 Å². The molecule has 25 heavy (non-hydrogen) atoms. The van der Waals surface area contributed by atoms with Crippen molar-refractivity contribution in [2.45, 2.75) is 19.8 Å². The quantitative estimate of drug-likeness (QED) is 0.627. The first-order valence-corrected chi connectivity index (χ1v) is 7.99. The van der Waals surface area contributed by atoms with E-state index in [0.29, 0.717) is 37.4 Å². The Kier molecular flexibility index (Phi) is 6.01. The number of methoxy groups -OCH3 is 1. The van der Waals surface area contributed by atoms with Crippen molar-refractivity contribution in [1.29, 1.82) is 5.26 Å². The zero-order valence-electron chi connectivity index (χ0n) is 14.3. The second-order valence-corrected chi connectivity index (χ2v) is 5.96. The van der Waals surface area contributed by atoms with Crippen molar-refractivity contribution in [3.8, 4) is 11.8 Å². The Morgan fingerprint density at radius 3 is 2.64 bits per heavy atom. The van der Waals surface area contributed by atoms with Crippen molar-refractivity contribution in [3.05, 3.63) is 35.5 Å². The molecule has 1 heterocycles. The number of rotatable bonds is 5. The number of carboxylic acid groups (broad SMARTS) is 1. The molecule has 0 unspecified atom stereocenters. The Labute approximate surface area is 146 Å². The Morgan fingerprint density at radius 1 is 1.40 bits per heavy atom. The van der Waals surface area contributed by atoms with Gasteiger partial charge in [-0.25, -0.2) is 0 Å². The molecule has 0 radical (unpaired) electrons. The number of nitrogens with zero attached hydrogens (tertiary/aromatic N) is 2. The lowest BCUT2D eigenvalue weighted by Gasteiger charge is -2.29. The second-order valence-electron chi connectivity index (χ2n) is 5.96. The molecular weight excluding hydrogens is 322 g/mol. The number of anilines is 1. The van der Waals surface area contributed by atoms with E-state index in [0.717, 1.165) is 5.56 Å². The number of nitrogens with one attached hydrogen (secondary N) is 1. The molecule has 1 aliphatic heterocycles. The zero-order valence-corrected chi connectivity index (χ0v) is 14.3. The third-order valence-electron chi connectivity index (χ3n) is 4.16. The van der Waals surface area contributed by atoms with Crippen LogP contribution in [0.5, 0.6) is 5.75 Å². The van der Waals surface area contributed by atoms with E-state index in [4.69, 9.17) is 9.84 Å². The molecule has 0 bridgehead atoms. The van der Waals surface area contributed by atoms with Gasteiger partial charge in [-0.3, -0.25) is 9.59 Å². The van der Waals surface area contributed by atoms with E-state index >= 15 is 0 Å². The minimum absolute atomic E-state index is 0.0302. The molecule has 2 N–H and O–H groups in total. The summed E-state index contributed by atoms with van der Waals surface area (Å²) >= 11 is 0. The molecule has 1 fully saturated rings. The molecule has 0 spiro atoms. The smallest absolute Gasteiger partial charge is 0.306 e. The SMILES string of the molecule is COc1ccc(C)cc1NC(=O)/C(C#N)=C\N1CCC(C(=O)O)CC1. The summed E-state index contributed by atoms with van der Waals surface area (Å²) in [7, 11) is 1.51. The van der Waals surface area contributed by atoms with E-state index in [1.807, 2.05) is 24.0 Å². The Morgan fingerprint density at radius 2 is 2.08 bits per heavy atom. The van der Waals surface area contributed by atoms with Crippen LogP contribution < -0.4 is 10.1 Å². The first-order chi connectivity index (χ1) is 11.9. The standard InChI is InChI=1S/C18H21N3O4/c1-12-3-4-16(25-2)15(9-12)20-17(22)14(10-19)11-21-7-5-13(6-8-21)18(23)24/h3-4,9,11,13H,5-8H2,1-2H3,(H,20,22)(H,23,24)/b14-11-. The topological polar surface area (TPSA) is 103 Å². The van der Waals surface area contributed by atoms with Gasteiger partial charge in [-0.15, -0.1) is 0 Å². The van der Waals surface area contributed by atoms with Crippen LogP contribution in [0.4, 0.5) is 5.69 Å². The minimum atomic E-state index is -0.798. The Hall–Kier alpha value is -3.01. The summed E-state index contributed by atoms with van der Waals surface area (Å²) in [6, 6.07) is 7.28. The predicted molar refractivity (Wildman–Crippen MR) is 92.0 cm³/mol. The number of ether oxygens (including phenoxy) is 1. The molecule has 2 rings (SSSR count). The Bertz CT molecular complexity index is 728. The molecule has 0 aliphatic carbocycles. The summed E-state index contributed by atoms with van der Waals surface area (Å²) < 4.78 is 5.22. The number of hydrogen-bond donors (Lipinski definition) is 2. The number of carbonyl (C=O) groups excluding carboxylic acids is 1. The molecule has 0 atom stereocenters. The van der Waals surface area contributed by atoms with Crippen molar-refractivity contribution in [2.75, 3.05) is 25.5 Å². The number of amides is 1. The molecule has 7 nitrogen and oxygen atoms in total. The monoisotopic (exact) mass is 343 g/mol. The number of likely N-dealkylation sites (tertiary alicyclic amines) is 1. The van der Waals surface area contributed by atoms with Crippen LogP contribution in [0.25, 0.3) is 0 Å². The molecular formula is C18H21N3O4. The van der Waals surface area contributed by atoms with Crippen LogP contribution in [0, 0.1) is 24.2 Å². The summed E-state index contributed by atoms with van der Waals surface area (Å²) in [6.07, 6.45) is 2.49. The number of carboxylic acids is 1. The van der Waals surface area contributed by atoms with Crippen LogP contribution in [0.15, 0.2) is 30.0 Å². The minimum Gasteiger partial charge on any atom is -0.495 e. The number of aryl methyl sites for hydroxylation is 1. The summed E-state index contributed by atoms with van der Waals surface area (Å²) in [4.78, 5) is 25.2. The van der Waals surface area contributed by atoms with Crippen LogP contribution in [0.1, 0.15) is 18.4 Å². The largest absolute Gasteiger partial charge is 0.495 e. The van der Waals surface area contributed by atoms with E-state index < -0.39 is 11.9 Å². The van der Waals surface area contributed by atoms with Crippen LogP contribution in [0.3, 0.4) is 0 Å². The molecule has 0 saturated carbocycles. The fraction of sp³-hybridized carbons (Fsp3) is 0.389. The Balaban J connectivity index is 2.08. The molecule has 0 aromatic heterocycles. The van der Waals surface area contributed by atoms with Gasteiger partial charge in [0.15, 0.2) is 0 Å². The lowest BCUT2D eigenvalue weighted by molar-refractivity contribution is -0.143.